The Kier molecular flexibility index (Phi) is 13.3. The molecule has 0 fully saturated rings. The van der Waals surface area contributed by atoms with Gasteiger partial charge in [0.25, 0.3) is 5.91 Å². The average Bonchev–Trinajstić information content (AvgIpc) is 3.63. The molecule has 0 aliphatic carbocycles. The first-order valence-corrected chi connectivity index (χ1v) is 16.4. The van der Waals surface area contributed by atoms with Crippen LogP contribution in [-0.2, 0) is 24.4 Å². The van der Waals surface area contributed by atoms with Gasteiger partial charge in [0.05, 0.1) is 37.2 Å². The predicted octanol–water partition coefficient (Wildman–Crippen LogP) is 2.13. The van der Waals surface area contributed by atoms with Gasteiger partial charge in [0.15, 0.2) is 0 Å². The van der Waals surface area contributed by atoms with Gasteiger partial charge < -0.3 is 22.2 Å². The minimum atomic E-state index is -1.36. The van der Waals surface area contributed by atoms with E-state index >= 15 is 0 Å². The fourth-order valence-electron chi connectivity index (χ4n) is 4.74. The maximum Gasteiger partial charge on any atom is 0.355 e. The van der Waals surface area contributed by atoms with Crippen molar-refractivity contribution in [3.8, 4) is 0 Å². The molecule has 0 bridgehead atoms. The first kappa shape index (κ1) is 38.4. The third-order valence-corrected chi connectivity index (χ3v) is 7.57. The summed E-state index contributed by atoms with van der Waals surface area (Å²) in [4.78, 5) is 73.5. The Bertz CT molecular complexity index is 1820. The number of fused-ring (bicyclic) bond motifs is 1. The number of rotatable bonds is 11. The van der Waals surface area contributed by atoms with E-state index in [-0.39, 0.29) is 26.2 Å². The second-order valence-corrected chi connectivity index (χ2v) is 12.4. The monoisotopic (exact) mass is 715 g/mol. The summed E-state index contributed by atoms with van der Waals surface area (Å²) >= 11 is 0. The quantitative estimate of drug-likeness (QED) is 0.0841. The van der Waals surface area contributed by atoms with Crippen molar-refractivity contribution in [2.24, 2.45) is 17.2 Å². The van der Waals surface area contributed by atoms with E-state index in [0.717, 1.165) is 30.8 Å². The number of carbonyl (C=O) groups is 5. The van der Waals surface area contributed by atoms with E-state index in [0.29, 0.717) is 36.2 Å². The second kappa shape index (κ2) is 18.0. The molecular weight excluding hydrogens is 670 g/mol. The highest BCUT2D eigenvalue weighted by molar-refractivity contribution is 5.88. The molecule has 1 aromatic heterocycles. The number of carbonyl (C=O) groups excluding carboxylic acids is 5. The van der Waals surface area contributed by atoms with Crippen LogP contribution >= 0.6 is 0 Å². The molecule has 4 rings (SSSR count). The second-order valence-electron chi connectivity index (χ2n) is 12.4. The summed E-state index contributed by atoms with van der Waals surface area (Å²) in [5.41, 5.74) is 27.5. The van der Waals surface area contributed by atoms with Crippen LogP contribution in [0.2, 0.25) is 0 Å². The molecule has 0 spiro atoms. The molecule has 3 aromatic carbocycles. The molecule has 0 radical (unpaired) electrons. The highest BCUT2D eigenvalue weighted by Gasteiger charge is 2.30. The van der Waals surface area contributed by atoms with Crippen LogP contribution in [0.3, 0.4) is 0 Å². The Morgan fingerprint density at radius 2 is 1.29 bits per heavy atom. The minimum Gasteiger partial charge on any atom is -0.350 e. The molecule has 0 saturated carbocycles. The summed E-state index contributed by atoms with van der Waals surface area (Å²) in [7, 11) is 0. The lowest BCUT2D eigenvalue weighted by Crippen LogP contribution is -2.63. The first-order chi connectivity index (χ1) is 24.8. The molecule has 276 valence electrons. The lowest BCUT2D eigenvalue weighted by molar-refractivity contribution is -0.129. The zero-order valence-corrected chi connectivity index (χ0v) is 29.0. The largest absolute Gasteiger partial charge is 0.355 e. The smallest absolute Gasteiger partial charge is 0.350 e. The molecular formula is C34H45N13O5. The van der Waals surface area contributed by atoms with Crippen molar-refractivity contribution in [2.75, 3.05) is 13.1 Å². The summed E-state index contributed by atoms with van der Waals surface area (Å²) in [6.45, 7) is 2.91. The number of amides is 9. The van der Waals surface area contributed by atoms with E-state index in [4.69, 9.17) is 17.2 Å². The van der Waals surface area contributed by atoms with Crippen molar-refractivity contribution in [3.63, 3.8) is 0 Å². The number of H-pyrrole nitrogens is 1. The maximum absolute atomic E-state index is 14.1. The van der Waals surface area contributed by atoms with Crippen LogP contribution in [-0.4, -0.2) is 78.7 Å². The Labute approximate surface area is 300 Å². The van der Waals surface area contributed by atoms with Crippen LogP contribution in [0.4, 0.5) is 19.2 Å². The van der Waals surface area contributed by atoms with E-state index < -0.39 is 35.6 Å². The van der Waals surface area contributed by atoms with Crippen LogP contribution < -0.4 is 38.9 Å². The standard InChI is InChI=1S/C34H45N13O5/c1-34(2,37)29(48)40-47(22-28-19-38-23-39-28)33(52)43-46(21-25-14-15-26-12-6-7-13-27(26)18-25)32(51)42-45(20-24-10-4-3-5-11-24)31(50)41-44(30(36)49)17-9-8-16-35/h3-7,10-15,18-19,23H,8-9,16-17,20-22,35,37H2,1-2H3,(H2,36,49)(H,38,39)(H,40,48)(H,41,50)(H,42,51)(H,43,52). The third kappa shape index (κ3) is 11.3. The topological polar surface area (TPSA) is 253 Å². The molecule has 0 aliphatic heterocycles. The van der Waals surface area contributed by atoms with Crippen molar-refractivity contribution < 1.29 is 24.0 Å². The molecule has 0 aliphatic rings. The van der Waals surface area contributed by atoms with Crippen molar-refractivity contribution in [2.45, 2.75) is 51.9 Å². The van der Waals surface area contributed by atoms with Gasteiger partial charge in [0.1, 0.15) is 0 Å². The number of hydrazine groups is 4. The minimum absolute atomic E-state index is 0.0764. The summed E-state index contributed by atoms with van der Waals surface area (Å²) in [5, 5.41) is 5.59. The zero-order chi connectivity index (χ0) is 37.7. The number of imidazole rings is 1. The first-order valence-electron chi connectivity index (χ1n) is 16.4. The lowest BCUT2D eigenvalue weighted by Gasteiger charge is -2.32. The normalized spacial score (nSPS) is 10.9. The Morgan fingerprint density at radius 1 is 0.712 bits per heavy atom. The highest BCUT2D eigenvalue weighted by atomic mass is 16.2. The number of urea groups is 4. The summed E-state index contributed by atoms with van der Waals surface area (Å²) in [6.07, 6.45) is 3.91. The van der Waals surface area contributed by atoms with Crippen LogP contribution in [0.15, 0.2) is 85.3 Å². The number of benzene rings is 3. The van der Waals surface area contributed by atoms with Crippen LogP contribution in [0.25, 0.3) is 10.8 Å². The van der Waals surface area contributed by atoms with Gasteiger partial charge in [-0.1, -0.05) is 66.7 Å². The van der Waals surface area contributed by atoms with Gasteiger partial charge in [0, 0.05) is 12.7 Å². The number of nitrogens with zero attached hydrogens (tertiary/aromatic N) is 5. The summed E-state index contributed by atoms with van der Waals surface area (Å²) in [6, 6.07) is 18.3. The number of hydrogen-bond donors (Lipinski definition) is 8. The van der Waals surface area contributed by atoms with E-state index in [1.165, 1.54) is 26.4 Å². The molecule has 4 aromatic rings. The van der Waals surface area contributed by atoms with Crippen LogP contribution in [0.1, 0.15) is 43.5 Å². The molecule has 0 atom stereocenters. The van der Waals surface area contributed by atoms with Gasteiger partial charge in [-0.25, -0.2) is 60.5 Å². The predicted molar refractivity (Wildman–Crippen MR) is 192 cm³/mol. The van der Waals surface area contributed by atoms with Crippen LogP contribution in [0, 0.1) is 0 Å². The summed E-state index contributed by atoms with van der Waals surface area (Å²) in [5.74, 6) is -0.677. The van der Waals surface area contributed by atoms with Gasteiger partial charge in [-0.2, -0.15) is 0 Å². The van der Waals surface area contributed by atoms with Crippen molar-refractivity contribution in [1.29, 1.82) is 0 Å². The third-order valence-electron chi connectivity index (χ3n) is 7.57. The number of aromatic amines is 1. The number of nitrogens with one attached hydrogen (secondary N) is 5. The van der Waals surface area contributed by atoms with Gasteiger partial charge in [-0.3, -0.25) is 10.2 Å². The zero-order valence-electron chi connectivity index (χ0n) is 29.0. The molecule has 18 heteroatoms. The van der Waals surface area contributed by atoms with Crippen molar-refractivity contribution in [3.05, 3.63) is 102 Å². The van der Waals surface area contributed by atoms with E-state index in [2.05, 4.69) is 31.7 Å². The van der Waals surface area contributed by atoms with Gasteiger partial charge in [0.2, 0.25) is 0 Å². The number of primary amides is 1. The van der Waals surface area contributed by atoms with Crippen LogP contribution in [0.5, 0.6) is 0 Å². The van der Waals surface area contributed by atoms with Gasteiger partial charge in [-0.15, -0.1) is 0 Å². The maximum atomic E-state index is 14.1. The van der Waals surface area contributed by atoms with E-state index in [9.17, 15) is 24.0 Å². The Hall–Kier alpha value is -6.40. The Balaban J connectivity index is 1.65. The highest BCUT2D eigenvalue weighted by Crippen LogP contribution is 2.17. The molecule has 0 saturated heterocycles. The lowest BCUT2D eigenvalue weighted by atomic mass is 10.1. The molecule has 52 heavy (non-hydrogen) atoms. The van der Waals surface area contributed by atoms with Gasteiger partial charge in [-0.05, 0) is 61.2 Å². The molecule has 18 nitrogen and oxygen atoms in total. The molecule has 11 N–H and O–H groups in total. The number of hydrogen-bond acceptors (Lipinski definition) is 8. The summed E-state index contributed by atoms with van der Waals surface area (Å²) < 4.78 is 0. The SMILES string of the molecule is CC(C)(N)C(=O)NN(Cc1cnc[nH]1)C(=O)NN(Cc1ccc2ccccc2c1)C(=O)NN(Cc1ccccc1)C(=O)NN(CCCCN)C(N)=O. The molecule has 1 heterocycles. The molecule has 9 amide bonds. The number of unbranched alkanes of at least 4 members (excludes halogenated alkanes) is 1. The average molecular weight is 716 g/mol. The molecule has 0 unspecified atom stereocenters. The number of aromatic nitrogens is 2. The Morgan fingerprint density at radius 3 is 1.87 bits per heavy atom. The fourth-order valence-corrected chi connectivity index (χ4v) is 4.74. The van der Waals surface area contributed by atoms with E-state index in [1.807, 2.05) is 36.4 Å². The van der Waals surface area contributed by atoms with Gasteiger partial charge >= 0.3 is 24.1 Å². The van der Waals surface area contributed by atoms with Crippen molar-refractivity contribution in [1.82, 2.24) is 51.7 Å². The fraction of sp³-hybridized carbons (Fsp3) is 0.294. The van der Waals surface area contributed by atoms with Crippen molar-refractivity contribution >= 4 is 40.8 Å². The number of nitrogens with two attached hydrogens (primary N) is 3. The van der Waals surface area contributed by atoms with E-state index in [1.54, 1.807) is 36.4 Å².